The highest BCUT2D eigenvalue weighted by Gasteiger charge is 2.32. The molecule has 0 amide bonds. The summed E-state index contributed by atoms with van der Waals surface area (Å²) in [6.45, 7) is 0.565. The minimum atomic E-state index is -3.61. The van der Waals surface area contributed by atoms with Crippen LogP contribution >= 0.6 is 11.6 Å². The third-order valence-corrected chi connectivity index (χ3v) is 5.83. The number of halogens is 1. The van der Waals surface area contributed by atoms with Gasteiger partial charge in [-0.05, 0) is 31.0 Å². The molecule has 1 aromatic carbocycles. The Bertz CT molecular complexity index is 640. The number of methoxy groups -OCH3 is 1. The summed E-state index contributed by atoms with van der Waals surface area (Å²) < 4.78 is 31.1. The lowest BCUT2D eigenvalue weighted by atomic mass is 9.99. The standard InChI is InChI=1S/C13H17ClN2O4S/c1-20-13(17)9-4-6-16(7-5-9)21(18,19)10-2-3-11(14)12(15)8-10/h2-3,8-9H,4-7,15H2,1H3. The number of hydrogen-bond acceptors (Lipinski definition) is 5. The van der Waals surface area contributed by atoms with E-state index in [4.69, 9.17) is 17.3 Å². The van der Waals surface area contributed by atoms with Crippen molar-refractivity contribution < 1.29 is 17.9 Å². The van der Waals surface area contributed by atoms with Gasteiger partial charge < -0.3 is 10.5 Å². The van der Waals surface area contributed by atoms with Crippen molar-refractivity contribution in [1.29, 1.82) is 0 Å². The molecule has 0 aliphatic carbocycles. The zero-order valence-electron chi connectivity index (χ0n) is 11.6. The number of sulfonamides is 1. The Hall–Kier alpha value is -1.31. The van der Waals surface area contributed by atoms with Crippen LogP contribution in [0.4, 0.5) is 5.69 Å². The summed E-state index contributed by atoms with van der Waals surface area (Å²) in [5, 5.41) is 0.318. The van der Waals surface area contributed by atoms with Gasteiger partial charge in [0.2, 0.25) is 10.0 Å². The molecule has 0 radical (unpaired) electrons. The van der Waals surface area contributed by atoms with E-state index >= 15 is 0 Å². The molecular weight excluding hydrogens is 316 g/mol. The van der Waals surface area contributed by atoms with E-state index in [9.17, 15) is 13.2 Å². The Balaban J connectivity index is 2.14. The number of benzene rings is 1. The molecule has 2 rings (SSSR count). The van der Waals surface area contributed by atoms with Gasteiger partial charge in [-0.2, -0.15) is 4.31 Å². The van der Waals surface area contributed by atoms with E-state index < -0.39 is 10.0 Å². The Morgan fingerprint density at radius 2 is 2.00 bits per heavy atom. The maximum Gasteiger partial charge on any atom is 0.308 e. The van der Waals surface area contributed by atoms with Gasteiger partial charge in [-0.15, -0.1) is 0 Å². The number of hydrogen-bond donors (Lipinski definition) is 1. The first-order valence-electron chi connectivity index (χ1n) is 6.49. The predicted octanol–water partition coefficient (Wildman–Crippen LogP) is 1.50. The van der Waals surface area contributed by atoms with Crippen LogP contribution in [0.15, 0.2) is 23.1 Å². The first kappa shape index (κ1) is 16.1. The van der Waals surface area contributed by atoms with Gasteiger partial charge in [-0.3, -0.25) is 4.79 Å². The zero-order valence-corrected chi connectivity index (χ0v) is 13.2. The van der Waals surface area contributed by atoms with Crippen LogP contribution in [0.1, 0.15) is 12.8 Å². The number of carbonyl (C=O) groups is 1. The van der Waals surface area contributed by atoms with Crippen LogP contribution in [0, 0.1) is 5.92 Å². The fraction of sp³-hybridized carbons (Fsp3) is 0.462. The number of ether oxygens (including phenoxy) is 1. The summed E-state index contributed by atoms with van der Waals surface area (Å²) in [5.41, 5.74) is 5.87. The van der Waals surface area contributed by atoms with Gasteiger partial charge in [0.25, 0.3) is 0 Å². The molecule has 1 aliphatic heterocycles. The Labute approximate surface area is 128 Å². The van der Waals surface area contributed by atoms with Gasteiger partial charge in [-0.1, -0.05) is 11.6 Å². The van der Waals surface area contributed by atoms with Gasteiger partial charge in [0.1, 0.15) is 0 Å². The van der Waals surface area contributed by atoms with Gasteiger partial charge in [0.15, 0.2) is 0 Å². The fourth-order valence-corrected chi connectivity index (χ4v) is 3.95. The van der Waals surface area contributed by atoms with Crippen molar-refractivity contribution in [2.45, 2.75) is 17.7 Å². The van der Waals surface area contributed by atoms with E-state index in [-0.39, 0.29) is 35.6 Å². The quantitative estimate of drug-likeness (QED) is 0.669. The number of carbonyl (C=O) groups excluding carboxylic acids is 1. The molecule has 2 N–H and O–H groups in total. The normalized spacial score (nSPS) is 17.6. The molecule has 21 heavy (non-hydrogen) atoms. The predicted molar refractivity (Wildman–Crippen MR) is 79.4 cm³/mol. The largest absolute Gasteiger partial charge is 0.469 e. The second-order valence-corrected chi connectivity index (χ2v) is 7.23. The van der Waals surface area contributed by atoms with E-state index in [0.29, 0.717) is 17.9 Å². The molecule has 0 unspecified atom stereocenters. The highest BCUT2D eigenvalue weighted by Crippen LogP contribution is 2.27. The first-order chi connectivity index (χ1) is 9.86. The summed E-state index contributed by atoms with van der Waals surface area (Å²) in [6.07, 6.45) is 0.907. The molecule has 8 heteroatoms. The average molecular weight is 333 g/mol. The van der Waals surface area contributed by atoms with Crippen molar-refractivity contribution in [3.8, 4) is 0 Å². The Kier molecular flexibility index (Phi) is 4.75. The molecule has 0 spiro atoms. The van der Waals surface area contributed by atoms with Gasteiger partial charge >= 0.3 is 5.97 Å². The Morgan fingerprint density at radius 3 is 2.52 bits per heavy atom. The molecule has 0 saturated carbocycles. The smallest absolute Gasteiger partial charge is 0.308 e. The molecule has 0 atom stereocenters. The lowest BCUT2D eigenvalue weighted by Gasteiger charge is -2.29. The van der Waals surface area contributed by atoms with Gasteiger partial charge in [0, 0.05) is 13.1 Å². The van der Waals surface area contributed by atoms with Crippen molar-refractivity contribution in [2.24, 2.45) is 5.92 Å². The summed E-state index contributed by atoms with van der Waals surface area (Å²) >= 11 is 5.80. The van der Waals surface area contributed by atoms with E-state index in [1.54, 1.807) is 0 Å². The minimum Gasteiger partial charge on any atom is -0.469 e. The molecule has 1 saturated heterocycles. The molecular formula is C13H17ClN2O4S. The third kappa shape index (κ3) is 3.30. The SMILES string of the molecule is COC(=O)C1CCN(S(=O)(=O)c2ccc(Cl)c(N)c2)CC1. The average Bonchev–Trinajstić information content (AvgIpc) is 2.49. The molecule has 116 valence electrons. The van der Waals surface area contributed by atoms with Crippen molar-refractivity contribution in [2.75, 3.05) is 25.9 Å². The minimum absolute atomic E-state index is 0.112. The highest BCUT2D eigenvalue weighted by molar-refractivity contribution is 7.89. The van der Waals surface area contributed by atoms with Crippen LogP contribution in [0.5, 0.6) is 0 Å². The molecule has 6 nitrogen and oxygen atoms in total. The number of anilines is 1. The fourth-order valence-electron chi connectivity index (χ4n) is 2.33. The number of piperidine rings is 1. The molecule has 1 heterocycles. The number of nitrogens with two attached hydrogens (primary N) is 1. The van der Waals surface area contributed by atoms with E-state index in [2.05, 4.69) is 4.74 Å². The lowest BCUT2D eigenvalue weighted by molar-refractivity contribution is -0.146. The number of nitrogen functional groups attached to an aromatic ring is 1. The lowest BCUT2D eigenvalue weighted by Crippen LogP contribution is -2.40. The second kappa shape index (κ2) is 6.21. The summed E-state index contributed by atoms with van der Waals surface area (Å²) in [7, 11) is -2.28. The van der Waals surface area contributed by atoms with Crippen LogP contribution in [0.25, 0.3) is 0 Å². The van der Waals surface area contributed by atoms with Gasteiger partial charge in [0.05, 0.1) is 28.6 Å². The summed E-state index contributed by atoms with van der Waals surface area (Å²) in [4.78, 5) is 11.6. The van der Waals surface area contributed by atoms with Crippen molar-refractivity contribution in [1.82, 2.24) is 4.31 Å². The van der Waals surface area contributed by atoms with Crippen LogP contribution in [0.2, 0.25) is 5.02 Å². The Morgan fingerprint density at radius 1 is 1.38 bits per heavy atom. The van der Waals surface area contributed by atoms with Gasteiger partial charge in [-0.25, -0.2) is 8.42 Å². The topological polar surface area (TPSA) is 89.7 Å². The monoisotopic (exact) mass is 332 g/mol. The molecule has 1 aliphatic rings. The summed E-state index contributed by atoms with van der Waals surface area (Å²) in [6, 6.07) is 4.25. The maximum atomic E-state index is 12.5. The molecule has 1 aromatic rings. The van der Waals surface area contributed by atoms with Crippen LogP contribution < -0.4 is 5.73 Å². The number of nitrogens with zero attached hydrogens (tertiary/aromatic N) is 1. The van der Waals surface area contributed by atoms with Crippen molar-refractivity contribution >= 4 is 33.3 Å². The first-order valence-corrected chi connectivity index (χ1v) is 8.31. The van der Waals surface area contributed by atoms with Crippen molar-refractivity contribution in [3.05, 3.63) is 23.2 Å². The van der Waals surface area contributed by atoms with Crippen LogP contribution in [0.3, 0.4) is 0 Å². The van der Waals surface area contributed by atoms with Crippen molar-refractivity contribution in [3.63, 3.8) is 0 Å². The maximum absolute atomic E-state index is 12.5. The molecule has 0 aromatic heterocycles. The third-order valence-electron chi connectivity index (χ3n) is 3.59. The molecule has 1 fully saturated rings. The van der Waals surface area contributed by atoms with E-state index in [1.165, 1.54) is 29.6 Å². The second-order valence-electron chi connectivity index (χ2n) is 4.88. The number of esters is 1. The van der Waals surface area contributed by atoms with Crippen LogP contribution in [-0.2, 0) is 19.6 Å². The summed E-state index contributed by atoms with van der Waals surface area (Å²) in [5.74, 6) is -0.528. The van der Waals surface area contributed by atoms with E-state index in [1.807, 2.05) is 0 Å². The molecule has 0 bridgehead atoms. The number of rotatable bonds is 3. The highest BCUT2D eigenvalue weighted by atomic mass is 35.5. The zero-order chi connectivity index (χ0) is 15.6. The van der Waals surface area contributed by atoms with E-state index in [0.717, 1.165) is 0 Å². The van der Waals surface area contributed by atoms with Crippen LogP contribution in [-0.4, -0.2) is 38.9 Å².